The first-order valence-corrected chi connectivity index (χ1v) is 7.00. The Labute approximate surface area is 118 Å². The van der Waals surface area contributed by atoms with Crippen LogP contribution in [0.3, 0.4) is 0 Å². The Morgan fingerprint density at radius 3 is 3.00 bits per heavy atom. The second-order valence-electron chi connectivity index (χ2n) is 5.01. The average molecular weight is 282 g/mol. The number of nitrogens with one attached hydrogen (secondary N) is 3. The van der Waals surface area contributed by atoms with Crippen molar-refractivity contribution in [1.82, 2.24) is 20.9 Å². The molecule has 7 heteroatoms. The maximum atomic E-state index is 11.9. The highest BCUT2D eigenvalue weighted by Crippen LogP contribution is 2.12. The number of carbonyl (C=O) groups is 2. The van der Waals surface area contributed by atoms with Gasteiger partial charge < -0.3 is 20.7 Å². The van der Waals surface area contributed by atoms with Gasteiger partial charge in [-0.25, -0.2) is 9.59 Å². The molecule has 0 bridgehead atoms. The van der Waals surface area contributed by atoms with Crippen molar-refractivity contribution in [2.75, 3.05) is 39.3 Å². The molecule has 2 aliphatic heterocycles. The van der Waals surface area contributed by atoms with Gasteiger partial charge in [0.15, 0.2) is 0 Å². The van der Waals surface area contributed by atoms with Crippen LogP contribution in [0.5, 0.6) is 0 Å². The molecule has 2 amide bonds. The zero-order chi connectivity index (χ0) is 14.5. The van der Waals surface area contributed by atoms with Gasteiger partial charge in [0.05, 0.1) is 18.7 Å². The Hall–Kier alpha value is -1.60. The molecule has 7 nitrogen and oxygen atoms in total. The lowest BCUT2D eigenvalue weighted by atomic mass is 10.1. The van der Waals surface area contributed by atoms with Crippen molar-refractivity contribution in [3.63, 3.8) is 0 Å². The minimum absolute atomic E-state index is 0.223. The summed E-state index contributed by atoms with van der Waals surface area (Å²) < 4.78 is 5.04. The summed E-state index contributed by atoms with van der Waals surface area (Å²) in [7, 11) is 0. The van der Waals surface area contributed by atoms with E-state index in [9.17, 15) is 9.59 Å². The normalized spacial score (nSPS) is 24.1. The van der Waals surface area contributed by atoms with E-state index in [2.05, 4.69) is 27.8 Å². The van der Waals surface area contributed by atoms with E-state index in [4.69, 9.17) is 4.74 Å². The van der Waals surface area contributed by atoms with Crippen LogP contribution in [0.2, 0.25) is 0 Å². The SMILES string of the molecule is CCOC(=O)C1=C(CN2CCNC[C@@H]2C)NC(=O)NC1. The van der Waals surface area contributed by atoms with Crippen LogP contribution in [0, 0.1) is 0 Å². The van der Waals surface area contributed by atoms with E-state index in [1.807, 2.05) is 0 Å². The van der Waals surface area contributed by atoms with Crippen molar-refractivity contribution in [2.45, 2.75) is 19.9 Å². The molecule has 0 spiro atoms. The van der Waals surface area contributed by atoms with Gasteiger partial charge in [0.25, 0.3) is 0 Å². The lowest BCUT2D eigenvalue weighted by molar-refractivity contribution is -0.138. The van der Waals surface area contributed by atoms with Crippen molar-refractivity contribution in [3.05, 3.63) is 11.3 Å². The lowest BCUT2D eigenvalue weighted by Crippen LogP contribution is -2.53. The van der Waals surface area contributed by atoms with Gasteiger partial charge in [-0.15, -0.1) is 0 Å². The van der Waals surface area contributed by atoms with Crippen LogP contribution in [-0.2, 0) is 9.53 Å². The van der Waals surface area contributed by atoms with Gasteiger partial charge >= 0.3 is 12.0 Å². The largest absolute Gasteiger partial charge is 0.463 e. The van der Waals surface area contributed by atoms with Crippen molar-refractivity contribution >= 4 is 12.0 Å². The Morgan fingerprint density at radius 1 is 1.50 bits per heavy atom. The molecule has 1 atom stereocenters. The molecule has 0 aromatic rings. The number of nitrogens with zero attached hydrogens (tertiary/aromatic N) is 1. The van der Waals surface area contributed by atoms with Crippen molar-refractivity contribution in [1.29, 1.82) is 0 Å². The maximum absolute atomic E-state index is 11.9. The molecule has 2 heterocycles. The molecule has 0 saturated carbocycles. The van der Waals surface area contributed by atoms with Crippen LogP contribution in [0.15, 0.2) is 11.3 Å². The predicted molar refractivity (Wildman–Crippen MR) is 74.1 cm³/mol. The second kappa shape index (κ2) is 6.71. The molecule has 2 rings (SSSR count). The predicted octanol–water partition coefficient (Wildman–Crippen LogP) is -0.590. The number of carbonyl (C=O) groups excluding carboxylic acids is 2. The number of hydrogen-bond donors (Lipinski definition) is 3. The number of ether oxygens (including phenoxy) is 1. The third kappa shape index (κ3) is 3.49. The molecule has 0 aliphatic carbocycles. The van der Waals surface area contributed by atoms with Gasteiger partial charge in [0.1, 0.15) is 0 Å². The Kier molecular flexibility index (Phi) is 4.97. The first-order chi connectivity index (χ1) is 9.61. The summed E-state index contributed by atoms with van der Waals surface area (Å²) >= 11 is 0. The maximum Gasteiger partial charge on any atom is 0.337 e. The van der Waals surface area contributed by atoms with E-state index >= 15 is 0 Å². The van der Waals surface area contributed by atoms with Crippen LogP contribution in [-0.4, -0.2) is 62.3 Å². The Balaban J connectivity index is 2.13. The minimum atomic E-state index is -0.363. The van der Waals surface area contributed by atoms with Gasteiger partial charge in [-0.3, -0.25) is 4.90 Å². The van der Waals surface area contributed by atoms with Gasteiger partial charge in [-0.05, 0) is 13.8 Å². The molecule has 0 aromatic carbocycles. The van der Waals surface area contributed by atoms with Crippen LogP contribution in [0.25, 0.3) is 0 Å². The number of urea groups is 1. The first kappa shape index (κ1) is 14.8. The lowest BCUT2D eigenvalue weighted by Gasteiger charge is -2.35. The summed E-state index contributed by atoms with van der Waals surface area (Å²) in [5.74, 6) is -0.363. The quantitative estimate of drug-likeness (QED) is 0.600. The molecule has 2 aliphatic rings. The Morgan fingerprint density at radius 2 is 2.30 bits per heavy atom. The fourth-order valence-corrected chi connectivity index (χ4v) is 2.40. The second-order valence-corrected chi connectivity index (χ2v) is 5.01. The van der Waals surface area contributed by atoms with Crippen molar-refractivity contribution in [3.8, 4) is 0 Å². The standard InChI is InChI=1S/C13H22N4O3/c1-3-20-12(18)10-7-15-13(19)16-11(10)8-17-5-4-14-6-9(17)2/h9,14H,3-8H2,1-2H3,(H2,15,16,19)/t9-/m0/s1. The summed E-state index contributed by atoms with van der Waals surface area (Å²) in [6, 6.07) is 0.0994. The molecule has 1 fully saturated rings. The van der Waals surface area contributed by atoms with Gasteiger partial charge in [-0.1, -0.05) is 0 Å². The fraction of sp³-hybridized carbons (Fsp3) is 0.692. The average Bonchev–Trinajstić information content (AvgIpc) is 2.42. The topological polar surface area (TPSA) is 82.7 Å². The van der Waals surface area contributed by atoms with E-state index in [0.717, 1.165) is 19.6 Å². The minimum Gasteiger partial charge on any atom is -0.463 e. The van der Waals surface area contributed by atoms with Crippen LogP contribution in [0.4, 0.5) is 4.79 Å². The number of esters is 1. The van der Waals surface area contributed by atoms with Crippen molar-refractivity contribution < 1.29 is 14.3 Å². The molecule has 0 aromatic heterocycles. The van der Waals surface area contributed by atoms with E-state index in [-0.39, 0.29) is 18.5 Å². The molecule has 0 radical (unpaired) electrons. The van der Waals surface area contributed by atoms with Crippen LogP contribution in [0.1, 0.15) is 13.8 Å². The molecule has 0 unspecified atom stereocenters. The number of hydrogen-bond acceptors (Lipinski definition) is 5. The zero-order valence-electron chi connectivity index (χ0n) is 12.0. The van der Waals surface area contributed by atoms with Crippen LogP contribution < -0.4 is 16.0 Å². The summed E-state index contributed by atoms with van der Waals surface area (Å²) in [6.45, 7) is 7.72. The van der Waals surface area contributed by atoms with E-state index in [0.29, 0.717) is 30.5 Å². The zero-order valence-corrected chi connectivity index (χ0v) is 12.0. The van der Waals surface area contributed by atoms with E-state index in [1.165, 1.54) is 0 Å². The smallest absolute Gasteiger partial charge is 0.337 e. The van der Waals surface area contributed by atoms with Crippen molar-refractivity contribution in [2.24, 2.45) is 0 Å². The molecular weight excluding hydrogens is 260 g/mol. The highest BCUT2D eigenvalue weighted by atomic mass is 16.5. The van der Waals surface area contributed by atoms with E-state index < -0.39 is 0 Å². The monoisotopic (exact) mass is 282 g/mol. The van der Waals surface area contributed by atoms with Gasteiger partial charge in [0, 0.05) is 37.9 Å². The summed E-state index contributed by atoms with van der Waals surface area (Å²) in [6.07, 6.45) is 0. The van der Waals surface area contributed by atoms with Gasteiger partial charge in [-0.2, -0.15) is 0 Å². The molecule has 112 valence electrons. The van der Waals surface area contributed by atoms with E-state index in [1.54, 1.807) is 6.92 Å². The highest BCUT2D eigenvalue weighted by Gasteiger charge is 2.27. The fourth-order valence-electron chi connectivity index (χ4n) is 2.40. The highest BCUT2D eigenvalue weighted by molar-refractivity contribution is 5.93. The molecular formula is C13H22N4O3. The molecule has 3 N–H and O–H groups in total. The first-order valence-electron chi connectivity index (χ1n) is 7.00. The third-order valence-electron chi connectivity index (χ3n) is 3.58. The summed E-state index contributed by atoms with van der Waals surface area (Å²) in [5.41, 5.74) is 1.16. The number of piperazine rings is 1. The number of rotatable bonds is 4. The van der Waals surface area contributed by atoms with Crippen LogP contribution >= 0.6 is 0 Å². The molecule has 20 heavy (non-hydrogen) atoms. The van der Waals surface area contributed by atoms with Gasteiger partial charge in [0.2, 0.25) is 0 Å². The molecule has 1 saturated heterocycles. The third-order valence-corrected chi connectivity index (χ3v) is 3.58. The Bertz CT molecular complexity index is 422. The summed E-state index contributed by atoms with van der Waals surface area (Å²) in [4.78, 5) is 25.7. The number of amides is 2. The summed E-state index contributed by atoms with van der Waals surface area (Å²) in [5, 5.41) is 8.67.